The minimum absolute atomic E-state index is 0.645. The Bertz CT molecular complexity index is 542. The second-order valence-electron chi connectivity index (χ2n) is 4.11. The van der Waals surface area contributed by atoms with E-state index in [0.29, 0.717) is 12.3 Å². The number of rotatable bonds is 6. The minimum Gasteiger partial charge on any atom is -0.494 e. The van der Waals surface area contributed by atoms with E-state index in [1.54, 1.807) is 11.3 Å². The summed E-state index contributed by atoms with van der Waals surface area (Å²) < 4.78 is 6.64. The Balaban J connectivity index is 1.91. The van der Waals surface area contributed by atoms with Crippen molar-refractivity contribution in [1.82, 2.24) is 0 Å². The van der Waals surface area contributed by atoms with Crippen molar-refractivity contribution in [3.05, 3.63) is 39.0 Å². The normalized spacial score (nSPS) is 10.4. The topological polar surface area (TPSA) is 47.3 Å². The summed E-state index contributed by atoms with van der Waals surface area (Å²) >= 11 is 5.23. The van der Waals surface area contributed by atoms with Crippen LogP contribution in [0.4, 0.5) is 11.4 Å². The van der Waals surface area contributed by atoms with E-state index in [0.717, 1.165) is 24.4 Å². The zero-order valence-corrected chi connectivity index (χ0v) is 13.2. The summed E-state index contributed by atoms with van der Waals surface area (Å²) in [5, 5.41) is 3.37. The van der Waals surface area contributed by atoms with Crippen LogP contribution in [0.5, 0.6) is 5.75 Å². The number of thiophene rings is 1. The number of nitrogen functional groups attached to an aromatic ring is 1. The van der Waals surface area contributed by atoms with E-state index in [4.69, 9.17) is 10.5 Å². The predicted octanol–water partition coefficient (Wildman–Crippen LogP) is 4.15. The highest BCUT2D eigenvalue weighted by Gasteiger charge is 2.01. The number of nitrogens with two attached hydrogens (primary N) is 1. The molecule has 2 aromatic rings. The van der Waals surface area contributed by atoms with E-state index in [2.05, 4.69) is 33.4 Å². The first-order valence-corrected chi connectivity index (χ1v) is 7.80. The summed E-state index contributed by atoms with van der Waals surface area (Å²) in [7, 11) is 0. The number of benzene rings is 1. The lowest BCUT2D eigenvalue weighted by Crippen LogP contribution is -2.05. The molecule has 0 aliphatic carbocycles. The van der Waals surface area contributed by atoms with Crippen LogP contribution in [-0.4, -0.2) is 13.2 Å². The van der Waals surface area contributed by atoms with Gasteiger partial charge in [0.2, 0.25) is 0 Å². The largest absolute Gasteiger partial charge is 0.494 e. The van der Waals surface area contributed by atoms with Gasteiger partial charge in [0.25, 0.3) is 0 Å². The van der Waals surface area contributed by atoms with Crippen LogP contribution in [0.25, 0.3) is 0 Å². The van der Waals surface area contributed by atoms with Crippen LogP contribution in [0.3, 0.4) is 0 Å². The molecule has 0 bridgehead atoms. The quantitative estimate of drug-likeness (QED) is 0.776. The number of anilines is 2. The van der Waals surface area contributed by atoms with E-state index in [9.17, 15) is 0 Å². The molecule has 0 radical (unpaired) electrons. The van der Waals surface area contributed by atoms with Gasteiger partial charge in [-0.15, -0.1) is 11.3 Å². The number of halogens is 1. The van der Waals surface area contributed by atoms with Gasteiger partial charge >= 0.3 is 0 Å². The molecule has 2 rings (SSSR count). The van der Waals surface area contributed by atoms with Crippen molar-refractivity contribution < 1.29 is 4.74 Å². The number of ether oxygens (including phenoxy) is 1. The maximum absolute atomic E-state index is 5.85. The fourth-order valence-electron chi connectivity index (χ4n) is 1.79. The molecule has 0 amide bonds. The number of nitrogens with one attached hydrogen (secondary N) is 1. The average molecular weight is 341 g/mol. The predicted molar refractivity (Wildman–Crippen MR) is 86.2 cm³/mol. The molecule has 102 valence electrons. The van der Waals surface area contributed by atoms with Gasteiger partial charge in [-0.05, 0) is 47.5 Å². The van der Waals surface area contributed by atoms with Gasteiger partial charge in [0.05, 0.1) is 10.4 Å². The Hall–Kier alpha value is -1.20. The molecule has 19 heavy (non-hydrogen) atoms. The van der Waals surface area contributed by atoms with Gasteiger partial charge in [0.15, 0.2) is 0 Å². The van der Waals surface area contributed by atoms with E-state index in [1.165, 1.54) is 8.66 Å². The Morgan fingerprint density at radius 1 is 1.32 bits per heavy atom. The van der Waals surface area contributed by atoms with E-state index >= 15 is 0 Å². The maximum Gasteiger partial charge on any atom is 0.123 e. The summed E-state index contributed by atoms with van der Waals surface area (Å²) in [6, 6.07) is 9.96. The first kappa shape index (κ1) is 14.2. The van der Waals surface area contributed by atoms with Crippen molar-refractivity contribution in [1.29, 1.82) is 0 Å². The van der Waals surface area contributed by atoms with Gasteiger partial charge in [-0.25, -0.2) is 0 Å². The zero-order chi connectivity index (χ0) is 13.7. The standard InChI is InChI=1S/C14H17BrN2OS/c1-2-18-12-8-10(16)7-11(9-12)17-6-5-13-3-4-14(15)19-13/h3-4,7-9,17H,2,5-6,16H2,1H3. The van der Waals surface area contributed by atoms with E-state index in [-0.39, 0.29) is 0 Å². The molecule has 0 aliphatic rings. The molecule has 1 heterocycles. The lowest BCUT2D eigenvalue weighted by atomic mass is 10.2. The third-order valence-electron chi connectivity index (χ3n) is 2.57. The fourth-order valence-corrected chi connectivity index (χ4v) is 3.27. The Morgan fingerprint density at radius 3 is 2.84 bits per heavy atom. The first-order chi connectivity index (χ1) is 9.17. The van der Waals surface area contributed by atoms with Crippen LogP contribution >= 0.6 is 27.3 Å². The molecule has 1 aromatic heterocycles. The molecule has 0 saturated carbocycles. The van der Waals surface area contributed by atoms with Crippen LogP contribution in [0.15, 0.2) is 34.1 Å². The Kier molecular flexibility index (Phi) is 5.10. The van der Waals surface area contributed by atoms with Gasteiger partial charge in [-0.3, -0.25) is 0 Å². The first-order valence-electron chi connectivity index (χ1n) is 6.19. The van der Waals surface area contributed by atoms with Crippen LogP contribution in [0.2, 0.25) is 0 Å². The summed E-state index contributed by atoms with van der Waals surface area (Å²) in [6.07, 6.45) is 0.995. The van der Waals surface area contributed by atoms with Gasteiger partial charge in [-0.1, -0.05) is 0 Å². The lowest BCUT2D eigenvalue weighted by molar-refractivity contribution is 0.340. The highest BCUT2D eigenvalue weighted by atomic mass is 79.9. The minimum atomic E-state index is 0.645. The van der Waals surface area contributed by atoms with Crippen LogP contribution in [-0.2, 0) is 6.42 Å². The smallest absolute Gasteiger partial charge is 0.123 e. The zero-order valence-electron chi connectivity index (χ0n) is 10.8. The van der Waals surface area contributed by atoms with Crippen molar-refractivity contribution in [2.24, 2.45) is 0 Å². The molecule has 3 nitrogen and oxygen atoms in total. The molecule has 0 saturated heterocycles. The van der Waals surface area contributed by atoms with Crippen molar-refractivity contribution >= 4 is 38.6 Å². The molecule has 0 fully saturated rings. The number of hydrogen-bond acceptors (Lipinski definition) is 4. The molecular weight excluding hydrogens is 324 g/mol. The lowest BCUT2D eigenvalue weighted by Gasteiger charge is -2.10. The second-order valence-corrected chi connectivity index (χ2v) is 6.65. The summed E-state index contributed by atoms with van der Waals surface area (Å²) in [6.45, 7) is 3.49. The molecule has 0 atom stereocenters. The summed E-state index contributed by atoms with van der Waals surface area (Å²) in [5.41, 5.74) is 7.57. The van der Waals surface area contributed by atoms with Gasteiger partial charge in [-0.2, -0.15) is 0 Å². The average Bonchev–Trinajstić information content (AvgIpc) is 2.75. The van der Waals surface area contributed by atoms with Crippen molar-refractivity contribution in [2.45, 2.75) is 13.3 Å². The number of hydrogen-bond donors (Lipinski definition) is 2. The van der Waals surface area contributed by atoms with Gasteiger partial charge < -0.3 is 15.8 Å². The Morgan fingerprint density at radius 2 is 2.16 bits per heavy atom. The van der Waals surface area contributed by atoms with Crippen molar-refractivity contribution in [3.8, 4) is 5.75 Å². The van der Waals surface area contributed by atoms with E-state index < -0.39 is 0 Å². The molecule has 0 spiro atoms. The summed E-state index contributed by atoms with van der Waals surface area (Å²) in [5.74, 6) is 0.809. The molecule has 0 aliphatic heterocycles. The monoisotopic (exact) mass is 340 g/mol. The molecule has 3 N–H and O–H groups in total. The third-order valence-corrected chi connectivity index (χ3v) is 4.25. The summed E-state index contributed by atoms with van der Waals surface area (Å²) in [4.78, 5) is 1.35. The molecular formula is C14H17BrN2OS. The molecule has 1 aromatic carbocycles. The van der Waals surface area contributed by atoms with E-state index in [1.807, 2.05) is 25.1 Å². The highest BCUT2D eigenvalue weighted by Crippen LogP contribution is 2.24. The SMILES string of the molecule is CCOc1cc(N)cc(NCCc2ccc(Br)s2)c1. The van der Waals surface area contributed by atoms with Crippen molar-refractivity contribution in [2.75, 3.05) is 24.2 Å². The van der Waals surface area contributed by atoms with Gasteiger partial charge in [0.1, 0.15) is 5.75 Å². The van der Waals surface area contributed by atoms with Gasteiger partial charge in [0, 0.05) is 34.9 Å². The third kappa shape index (κ3) is 4.44. The molecule has 0 unspecified atom stereocenters. The second kappa shape index (κ2) is 6.82. The highest BCUT2D eigenvalue weighted by molar-refractivity contribution is 9.11. The molecule has 5 heteroatoms. The fraction of sp³-hybridized carbons (Fsp3) is 0.286. The van der Waals surface area contributed by atoms with Crippen LogP contribution < -0.4 is 15.8 Å². The Labute approximate surface area is 125 Å². The van der Waals surface area contributed by atoms with Crippen LogP contribution in [0, 0.1) is 0 Å². The van der Waals surface area contributed by atoms with Crippen LogP contribution in [0.1, 0.15) is 11.8 Å². The maximum atomic E-state index is 5.85. The van der Waals surface area contributed by atoms with Crippen molar-refractivity contribution in [3.63, 3.8) is 0 Å².